The molecule has 0 aromatic carbocycles. The number of carboxylic acids is 2. The van der Waals surface area contributed by atoms with Crippen molar-refractivity contribution in [3.63, 3.8) is 0 Å². The molecule has 0 radical (unpaired) electrons. The van der Waals surface area contributed by atoms with Crippen LogP contribution in [0.3, 0.4) is 0 Å². The Labute approximate surface area is 118 Å². The molecule has 1 unspecified atom stereocenters. The Bertz CT molecular complexity index is 427. The van der Waals surface area contributed by atoms with E-state index in [9.17, 15) is 14.7 Å². The van der Waals surface area contributed by atoms with Gasteiger partial charge in [-0.05, 0) is 24.5 Å². The van der Waals surface area contributed by atoms with Crippen molar-refractivity contribution < 1.29 is 24.2 Å². The lowest BCUT2D eigenvalue weighted by Crippen LogP contribution is -2.45. The smallest absolute Gasteiger partial charge is 0.320 e. The summed E-state index contributed by atoms with van der Waals surface area (Å²) in [5.74, 6) is -1.12. The van der Waals surface area contributed by atoms with Gasteiger partial charge in [0.2, 0.25) is 0 Å². The first-order chi connectivity index (χ1) is 9.40. The molecule has 1 aromatic rings. The van der Waals surface area contributed by atoms with Gasteiger partial charge in [0, 0.05) is 13.0 Å². The summed E-state index contributed by atoms with van der Waals surface area (Å²) >= 11 is 0. The minimum Gasteiger partial charge on any atom is -0.480 e. The van der Waals surface area contributed by atoms with E-state index in [1.165, 1.54) is 4.90 Å². The van der Waals surface area contributed by atoms with Crippen molar-refractivity contribution in [1.82, 2.24) is 4.90 Å². The van der Waals surface area contributed by atoms with E-state index in [4.69, 9.17) is 9.52 Å². The van der Waals surface area contributed by atoms with Crippen LogP contribution in [0.5, 0.6) is 0 Å². The molecule has 0 aliphatic heterocycles. The molecule has 2 N–H and O–H groups in total. The fourth-order valence-corrected chi connectivity index (χ4v) is 2.08. The van der Waals surface area contributed by atoms with Gasteiger partial charge in [0.1, 0.15) is 11.8 Å². The summed E-state index contributed by atoms with van der Waals surface area (Å²) in [6.45, 7) is 3.89. The van der Waals surface area contributed by atoms with Crippen LogP contribution < -0.4 is 0 Å². The quantitative estimate of drug-likeness (QED) is 0.717. The lowest BCUT2D eigenvalue weighted by atomic mass is 10.0. The van der Waals surface area contributed by atoms with Crippen LogP contribution in [0.25, 0.3) is 0 Å². The lowest BCUT2D eigenvalue weighted by Gasteiger charge is -2.28. The Hall–Kier alpha value is -1.82. The molecule has 1 rings (SSSR count). The lowest BCUT2D eigenvalue weighted by molar-refractivity contribution is -0.147. The predicted octanol–water partition coefficient (Wildman–Crippen LogP) is 1.71. The minimum absolute atomic E-state index is 0.177. The average molecular weight is 283 g/mol. The van der Waals surface area contributed by atoms with Gasteiger partial charge in [-0.3, -0.25) is 14.5 Å². The monoisotopic (exact) mass is 283 g/mol. The normalized spacial score (nSPS) is 12.8. The zero-order valence-electron chi connectivity index (χ0n) is 11.8. The van der Waals surface area contributed by atoms with Crippen LogP contribution >= 0.6 is 0 Å². The molecule has 1 atom stereocenters. The molecule has 0 saturated heterocycles. The molecule has 6 nitrogen and oxygen atoms in total. The minimum atomic E-state index is -1.03. The summed E-state index contributed by atoms with van der Waals surface area (Å²) in [6, 6.07) is 2.75. The number of hydrogen-bond donors (Lipinski definition) is 2. The van der Waals surface area contributed by atoms with Gasteiger partial charge in [-0.25, -0.2) is 0 Å². The number of furan rings is 1. The number of aliphatic carboxylic acids is 2. The summed E-state index contributed by atoms with van der Waals surface area (Å²) in [7, 11) is 0. The maximum absolute atomic E-state index is 11.4. The van der Waals surface area contributed by atoms with Crippen LogP contribution in [0, 0.1) is 5.92 Å². The molecule has 0 saturated carbocycles. The average Bonchev–Trinajstić information content (AvgIpc) is 2.83. The van der Waals surface area contributed by atoms with Crippen molar-refractivity contribution in [2.45, 2.75) is 32.7 Å². The van der Waals surface area contributed by atoms with E-state index >= 15 is 0 Å². The first-order valence-electron chi connectivity index (χ1n) is 6.61. The second kappa shape index (κ2) is 7.69. The molecule has 1 heterocycles. The first-order valence-corrected chi connectivity index (χ1v) is 6.61. The Morgan fingerprint density at radius 1 is 1.35 bits per heavy atom. The zero-order chi connectivity index (χ0) is 15.1. The van der Waals surface area contributed by atoms with Crippen molar-refractivity contribution in [3.05, 3.63) is 24.2 Å². The Morgan fingerprint density at radius 3 is 2.50 bits per heavy atom. The van der Waals surface area contributed by atoms with Gasteiger partial charge in [0.05, 0.1) is 12.8 Å². The molecule has 0 spiro atoms. The number of carbonyl (C=O) groups is 2. The van der Waals surface area contributed by atoms with Crippen molar-refractivity contribution in [2.24, 2.45) is 5.92 Å². The van der Waals surface area contributed by atoms with Crippen molar-refractivity contribution in [2.75, 3.05) is 13.1 Å². The Balaban J connectivity index is 2.73. The SMILES string of the molecule is CC(C)CC(C(=O)O)N(CCc1ccco1)CC(=O)O. The summed E-state index contributed by atoms with van der Waals surface area (Å²) in [5.41, 5.74) is 0. The fourth-order valence-electron chi connectivity index (χ4n) is 2.08. The molecule has 0 aliphatic carbocycles. The van der Waals surface area contributed by atoms with Gasteiger partial charge in [0.25, 0.3) is 0 Å². The largest absolute Gasteiger partial charge is 0.480 e. The molecule has 6 heteroatoms. The zero-order valence-corrected chi connectivity index (χ0v) is 11.8. The van der Waals surface area contributed by atoms with E-state index in [2.05, 4.69) is 0 Å². The first kappa shape index (κ1) is 16.2. The molecule has 0 fully saturated rings. The standard InChI is InChI=1S/C14H21NO5/c1-10(2)8-12(14(18)19)15(9-13(16)17)6-5-11-4-3-7-20-11/h3-4,7,10,12H,5-6,8-9H2,1-2H3,(H,16,17)(H,18,19). The molecule has 0 bridgehead atoms. The van der Waals surface area contributed by atoms with Gasteiger partial charge in [-0.15, -0.1) is 0 Å². The van der Waals surface area contributed by atoms with Gasteiger partial charge < -0.3 is 14.6 Å². The molecule has 112 valence electrons. The van der Waals surface area contributed by atoms with Crippen molar-refractivity contribution in [1.29, 1.82) is 0 Å². The Morgan fingerprint density at radius 2 is 2.05 bits per heavy atom. The summed E-state index contributed by atoms with van der Waals surface area (Å²) in [4.78, 5) is 23.8. The van der Waals surface area contributed by atoms with Gasteiger partial charge in [0.15, 0.2) is 0 Å². The van der Waals surface area contributed by atoms with Crippen LogP contribution in [-0.2, 0) is 16.0 Å². The summed E-state index contributed by atoms with van der Waals surface area (Å²) in [5, 5.41) is 18.3. The highest BCUT2D eigenvalue weighted by atomic mass is 16.4. The van der Waals surface area contributed by atoms with E-state index in [1.54, 1.807) is 18.4 Å². The highest BCUT2D eigenvalue weighted by molar-refractivity contribution is 5.75. The third-order valence-electron chi connectivity index (χ3n) is 2.98. The third-order valence-corrected chi connectivity index (χ3v) is 2.98. The highest BCUT2D eigenvalue weighted by Crippen LogP contribution is 2.13. The summed E-state index contributed by atoms with van der Waals surface area (Å²) in [6.07, 6.45) is 2.45. The second-order valence-corrected chi connectivity index (χ2v) is 5.18. The second-order valence-electron chi connectivity index (χ2n) is 5.18. The molecule has 1 aromatic heterocycles. The topological polar surface area (TPSA) is 91.0 Å². The van der Waals surface area contributed by atoms with Gasteiger partial charge >= 0.3 is 11.9 Å². The molecule has 0 amide bonds. The van der Waals surface area contributed by atoms with Crippen LogP contribution in [-0.4, -0.2) is 46.2 Å². The van der Waals surface area contributed by atoms with E-state index < -0.39 is 18.0 Å². The van der Waals surface area contributed by atoms with Crippen molar-refractivity contribution in [3.8, 4) is 0 Å². The van der Waals surface area contributed by atoms with Crippen LogP contribution in [0.15, 0.2) is 22.8 Å². The number of rotatable bonds is 9. The van der Waals surface area contributed by atoms with Crippen LogP contribution in [0.1, 0.15) is 26.0 Å². The molecular weight excluding hydrogens is 262 g/mol. The maximum Gasteiger partial charge on any atom is 0.320 e. The third kappa shape index (κ3) is 5.44. The molecule has 20 heavy (non-hydrogen) atoms. The number of hydrogen-bond acceptors (Lipinski definition) is 4. The van der Waals surface area contributed by atoms with Gasteiger partial charge in [-0.1, -0.05) is 13.8 Å². The molecular formula is C14H21NO5. The molecule has 0 aliphatic rings. The maximum atomic E-state index is 11.4. The van der Waals surface area contributed by atoms with E-state index in [1.807, 2.05) is 13.8 Å². The van der Waals surface area contributed by atoms with Crippen LogP contribution in [0.4, 0.5) is 0 Å². The van der Waals surface area contributed by atoms with Gasteiger partial charge in [-0.2, -0.15) is 0 Å². The number of carboxylic acid groups (broad SMARTS) is 2. The predicted molar refractivity (Wildman–Crippen MR) is 72.5 cm³/mol. The fraction of sp³-hybridized carbons (Fsp3) is 0.571. The van der Waals surface area contributed by atoms with E-state index in [-0.39, 0.29) is 12.5 Å². The van der Waals surface area contributed by atoms with Crippen molar-refractivity contribution >= 4 is 11.9 Å². The summed E-state index contributed by atoms with van der Waals surface area (Å²) < 4.78 is 5.19. The number of nitrogens with zero attached hydrogens (tertiary/aromatic N) is 1. The highest BCUT2D eigenvalue weighted by Gasteiger charge is 2.27. The Kier molecular flexibility index (Phi) is 6.24. The van der Waals surface area contributed by atoms with Crippen LogP contribution in [0.2, 0.25) is 0 Å². The van der Waals surface area contributed by atoms with E-state index in [0.717, 1.165) is 0 Å². The van der Waals surface area contributed by atoms with E-state index in [0.29, 0.717) is 25.1 Å².